The van der Waals surface area contributed by atoms with E-state index >= 15 is 0 Å². The summed E-state index contributed by atoms with van der Waals surface area (Å²) in [7, 11) is 0. The highest BCUT2D eigenvalue weighted by Crippen LogP contribution is 2.16. The van der Waals surface area contributed by atoms with Gasteiger partial charge in [-0.05, 0) is 30.0 Å². The van der Waals surface area contributed by atoms with Crippen molar-refractivity contribution in [3.05, 3.63) is 40.3 Å². The Morgan fingerprint density at radius 1 is 1.36 bits per heavy atom. The van der Waals surface area contributed by atoms with Crippen LogP contribution in [0.2, 0.25) is 0 Å². The molecule has 0 aliphatic carbocycles. The summed E-state index contributed by atoms with van der Waals surface area (Å²) in [6, 6.07) is 6.74. The first-order chi connectivity index (χ1) is 6.70. The molecular formula is C11H11NO2. The van der Waals surface area contributed by atoms with Crippen molar-refractivity contribution in [2.45, 2.75) is 13.3 Å². The lowest BCUT2D eigenvalue weighted by Gasteiger charge is -2.01. The molecule has 0 unspecified atom stereocenters. The fraction of sp³-hybridized carbons (Fsp3) is 0.182. The van der Waals surface area contributed by atoms with Crippen molar-refractivity contribution < 1.29 is 5.11 Å². The van der Waals surface area contributed by atoms with Crippen LogP contribution in [0.3, 0.4) is 0 Å². The van der Waals surface area contributed by atoms with E-state index in [4.69, 9.17) is 0 Å². The third-order valence-corrected chi connectivity index (χ3v) is 2.27. The minimum absolute atomic E-state index is 0.118. The minimum Gasteiger partial charge on any atom is -0.508 e. The van der Waals surface area contributed by atoms with Crippen LogP contribution >= 0.6 is 0 Å². The normalized spacial score (nSPS) is 10.6. The van der Waals surface area contributed by atoms with E-state index in [0.29, 0.717) is 5.39 Å². The van der Waals surface area contributed by atoms with Crippen molar-refractivity contribution in [2.24, 2.45) is 0 Å². The number of phenols is 1. The summed E-state index contributed by atoms with van der Waals surface area (Å²) in [4.78, 5) is 14.3. The number of rotatable bonds is 1. The monoisotopic (exact) mass is 189 g/mol. The van der Waals surface area contributed by atoms with Crippen LogP contribution in [0.4, 0.5) is 0 Å². The molecule has 14 heavy (non-hydrogen) atoms. The van der Waals surface area contributed by atoms with Crippen molar-refractivity contribution in [1.29, 1.82) is 0 Å². The summed E-state index contributed by atoms with van der Waals surface area (Å²) in [6.45, 7) is 1.98. The Labute approximate surface area is 81.0 Å². The van der Waals surface area contributed by atoms with E-state index in [0.717, 1.165) is 17.5 Å². The smallest absolute Gasteiger partial charge is 0.256 e. The molecule has 0 aliphatic rings. The quantitative estimate of drug-likeness (QED) is 0.718. The van der Waals surface area contributed by atoms with E-state index in [-0.39, 0.29) is 11.3 Å². The molecule has 1 aromatic heterocycles. The molecule has 2 aromatic rings. The van der Waals surface area contributed by atoms with Gasteiger partial charge >= 0.3 is 0 Å². The molecule has 2 N–H and O–H groups in total. The lowest BCUT2D eigenvalue weighted by atomic mass is 10.1. The van der Waals surface area contributed by atoms with Gasteiger partial charge in [0.25, 0.3) is 5.56 Å². The molecule has 72 valence electrons. The second-order valence-electron chi connectivity index (χ2n) is 3.25. The number of aromatic amines is 1. The summed E-state index contributed by atoms with van der Waals surface area (Å²) >= 11 is 0. The number of pyridine rings is 1. The zero-order valence-electron chi connectivity index (χ0n) is 7.87. The first kappa shape index (κ1) is 8.81. The van der Waals surface area contributed by atoms with Gasteiger partial charge in [-0.1, -0.05) is 13.0 Å². The molecule has 0 amide bonds. The third kappa shape index (κ3) is 1.37. The Kier molecular flexibility index (Phi) is 2.00. The van der Waals surface area contributed by atoms with E-state index in [2.05, 4.69) is 4.98 Å². The number of aromatic hydroxyl groups is 1. The van der Waals surface area contributed by atoms with Crippen LogP contribution in [0.5, 0.6) is 5.75 Å². The van der Waals surface area contributed by atoms with Gasteiger partial charge in [0.05, 0.1) is 5.39 Å². The predicted octanol–water partition coefficient (Wildman–Crippen LogP) is 1.80. The molecule has 3 nitrogen and oxygen atoms in total. The van der Waals surface area contributed by atoms with Crippen LogP contribution in [-0.2, 0) is 6.42 Å². The minimum atomic E-state index is -0.143. The molecule has 3 heteroatoms. The number of H-pyrrole nitrogens is 1. The topological polar surface area (TPSA) is 53.1 Å². The number of hydrogen-bond donors (Lipinski definition) is 2. The molecule has 0 radical (unpaired) electrons. The molecule has 0 fully saturated rings. The molecule has 0 atom stereocenters. The van der Waals surface area contributed by atoms with Gasteiger partial charge in [0.2, 0.25) is 0 Å². The van der Waals surface area contributed by atoms with Gasteiger partial charge in [0.1, 0.15) is 5.75 Å². The molecule has 0 aliphatic heterocycles. The predicted molar refractivity (Wildman–Crippen MR) is 55.6 cm³/mol. The fourth-order valence-corrected chi connectivity index (χ4v) is 1.49. The van der Waals surface area contributed by atoms with Gasteiger partial charge < -0.3 is 10.1 Å². The van der Waals surface area contributed by atoms with Crippen molar-refractivity contribution in [1.82, 2.24) is 4.98 Å². The Hall–Kier alpha value is -1.77. The Balaban J connectivity index is 2.83. The summed E-state index contributed by atoms with van der Waals surface area (Å²) in [5, 5.41) is 10.6. The number of fused-ring (bicyclic) bond motifs is 1. The molecule has 0 spiro atoms. The van der Waals surface area contributed by atoms with E-state index in [9.17, 15) is 9.90 Å². The lowest BCUT2D eigenvalue weighted by molar-refractivity contribution is 0.476. The van der Waals surface area contributed by atoms with Crippen LogP contribution in [-0.4, -0.2) is 10.1 Å². The fourth-order valence-electron chi connectivity index (χ4n) is 1.49. The molecule has 1 heterocycles. The number of aryl methyl sites for hydroxylation is 1. The average Bonchev–Trinajstić information content (AvgIpc) is 2.19. The van der Waals surface area contributed by atoms with Crippen LogP contribution in [0.15, 0.2) is 29.1 Å². The third-order valence-electron chi connectivity index (χ3n) is 2.27. The number of aromatic nitrogens is 1. The molecule has 1 aromatic carbocycles. The molecule has 0 bridgehead atoms. The zero-order valence-corrected chi connectivity index (χ0v) is 7.87. The van der Waals surface area contributed by atoms with Gasteiger partial charge in [0, 0.05) is 5.69 Å². The SMILES string of the molecule is CCc1cc2ccc(O)cc2c(=O)[nH]1. The highest BCUT2D eigenvalue weighted by atomic mass is 16.3. The van der Waals surface area contributed by atoms with Gasteiger partial charge in [-0.2, -0.15) is 0 Å². The zero-order chi connectivity index (χ0) is 10.1. The van der Waals surface area contributed by atoms with E-state index in [1.54, 1.807) is 12.1 Å². The Morgan fingerprint density at radius 3 is 2.86 bits per heavy atom. The Morgan fingerprint density at radius 2 is 2.14 bits per heavy atom. The van der Waals surface area contributed by atoms with E-state index in [1.165, 1.54) is 6.07 Å². The van der Waals surface area contributed by atoms with Crippen LogP contribution < -0.4 is 5.56 Å². The van der Waals surface area contributed by atoms with Crippen LogP contribution in [0.1, 0.15) is 12.6 Å². The van der Waals surface area contributed by atoms with Gasteiger partial charge in [-0.3, -0.25) is 4.79 Å². The summed E-state index contributed by atoms with van der Waals surface area (Å²) in [5.74, 6) is 0.118. The summed E-state index contributed by atoms with van der Waals surface area (Å²) in [5.41, 5.74) is 0.767. The number of hydrogen-bond acceptors (Lipinski definition) is 2. The Bertz CT molecular complexity index is 528. The maximum Gasteiger partial charge on any atom is 0.256 e. The molecule has 0 saturated carbocycles. The summed E-state index contributed by atoms with van der Waals surface area (Å²) < 4.78 is 0. The van der Waals surface area contributed by atoms with Gasteiger partial charge in [-0.25, -0.2) is 0 Å². The highest BCUT2D eigenvalue weighted by Gasteiger charge is 2.01. The summed E-state index contributed by atoms with van der Waals surface area (Å²) in [6.07, 6.45) is 0.798. The maximum atomic E-state index is 11.5. The lowest BCUT2D eigenvalue weighted by Crippen LogP contribution is -2.08. The van der Waals surface area contributed by atoms with Gasteiger partial charge in [0.15, 0.2) is 0 Å². The van der Waals surface area contributed by atoms with Crippen molar-refractivity contribution in [2.75, 3.05) is 0 Å². The number of phenolic OH excluding ortho intramolecular Hbond substituents is 1. The highest BCUT2D eigenvalue weighted by molar-refractivity contribution is 5.83. The largest absolute Gasteiger partial charge is 0.508 e. The molecule has 2 rings (SSSR count). The first-order valence-corrected chi connectivity index (χ1v) is 4.55. The van der Waals surface area contributed by atoms with Crippen LogP contribution in [0.25, 0.3) is 10.8 Å². The van der Waals surface area contributed by atoms with Crippen molar-refractivity contribution in [3.63, 3.8) is 0 Å². The second kappa shape index (κ2) is 3.18. The van der Waals surface area contributed by atoms with Crippen molar-refractivity contribution >= 4 is 10.8 Å². The van der Waals surface area contributed by atoms with Crippen molar-refractivity contribution in [3.8, 4) is 5.75 Å². The average molecular weight is 189 g/mol. The molecular weight excluding hydrogens is 178 g/mol. The maximum absolute atomic E-state index is 11.5. The van der Waals surface area contributed by atoms with Gasteiger partial charge in [-0.15, -0.1) is 0 Å². The number of nitrogens with one attached hydrogen (secondary N) is 1. The van der Waals surface area contributed by atoms with Crippen LogP contribution in [0, 0.1) is 0 Å². The number of benzene rings is 1. The first-order valence-electron chi connectivity index (χ1n) is 4.55. The van der Waals surface area contributed by atoms with E-state index < -0.39 is 0 Å². The van der Waals surface area contributed by atoms with E-state index in [1.807, 2.05) is 13.0 Å². The standard InChI is InChI=1S/C11H11NO2/c1-2-8-5-7-3-4-9(13)6-10(7)11(14)12-8/h3-6,13H,2H2,1H3,(H,12,14). The second-order valence-corrected chi connectivity index (χ2v) is 3.25. The molecule has 0 saturated heterocycles.